The molecule has 0 bridgehead atoms. The first-order chi connectivity index (χ1) is 17.8. The molecule has 2 amide bonds. The Balaban J connectivity index is 1.62. The van der Waals surface area contributed by atoms with Crippen LogP contribution in [0.5, 0.6) is 11.5 Å². The lowest BCUT2D eigenvalue weighted by atomic mass is 10.0. The van der Waals surface area contributed by atoms with Crippen LogP contribution in [0.4, 0.5) is 17.2 Å². The number of primary amides is 1. The molecule has 3 aromatic carbocycles. The molecule has 0 atom stereocenters. The number of nitrogens with one attached hydrogen (secondary N) is 1. The molecule has 37 heavy (non-hydrogen) atoms. The molecule has 0 fully saturated rings. The molecule has 0 saturated carbocycles. The second-order valence-electron chi connectivity index (χ2n) is 8.79. The fraction of sp³-hybridized carbons (Fsp3) is 0.179. The number of nitrogens with two attached hydrogens (primary N) is 1. The highest BCUT2D eigenvalue weighted by Gasteiger charge is 2.19. The van der Waals surface area contributed by atoms with Crippen molar-refractivity contribution in [2.75, 3.05) is 11.9 Å². The van der Waals surface area contributed by atoms with Crippen LogP contribution >= 0.6 is 0 Å². The highest BCUT2D eigenvalue weighted by Crippen LogP contribution is 2.39. The minimum atomic E-state index is -0.708. The zero-order chi connectivity index (χ0) is 26.4. The van der Waals surface area contributed by atoms with Crippen molar-refractivity contribution in [1.29, 1.82) is 0 Å². The highest BCUT2D eigenvalue weighted by atomic mass is 16.5. The van der Waals surface area contributed by atoms with Gasteiger partial charge in [-0.3, -0.25) is 9.59 Å². The first kappa shape index (κ1) is 25.3. The SMILES string of the molecule is CC(C)CCOc1ccc(NC(=O)c2cc3ccccc3c(N=Nc3ncccc3C(N)=O)c2O)cc1. The van der Waals surface area contributed by atoms with Gasteiger partial charge in [-0.2, -0.15) is 0 Å². The smallest absolute Gasteiger partial charge is 0.259 e. The van der Waals surface area contributed by atoms with Crippen LogP contribution < -0.4 is 15.8 Å². The number of phenols is 1. The van der Waals surface area contributed by atoms with Gasteiger partial charge in [0.2, 0.25) is 0 Å². The normalized spacial score (nSPS) is 11.2. The lowest BCUT2D eigenvalue weighted by Gasteiger charge is -2.12. The maximum absolute atomic E-state index is 13.1. The quantitative estimate of drug-likeness (QED) is 0.239. The van der Waals surface area contributed by atoms with Gasteiger partial charge < -0.3 is 20.9 Å². The number of aromatic nitrogens is 1. The molecule has 0 aliphatic heterocycles. The number of aromatic hydroxyl groups is 1. The number of hydrogen-bond donors (Lipinski definition) is 3. The molecule has 0 saturated heterocycles. The fourth-order valence-corrected chi connectivity index (χ4v) is 3.60. The van der Waals surface area contributed by atoms with Crippen LogP contribution in [0, 0.1) is 5.92 Å². The van der Waals surface area contributed by atoms with E-state index in [2.05, 4.69) is 34.4 Å². The lowest BCUT2D eigenvalue weighted by Crippen LogP contribution is -2.12. The summed E-state index contributed by atoms with van der Waals surface area (Å²) in [5.41, 5.74) is 6.10. The summed E-state index contributed by atoms with van der Waals surface area (Å²) in [7, 11) is 0. The van der Waals surface area contributed by atoms with E-state index in [1.54, 1.807) is 54.6 Å². The summed E-state index contributed by atoms with van der Waals surface area (Å²) in [5, 5.41) is 23.3. The van der Waals surface area contributed by atoms with E-state index in [9.17, 15) is 14.7 Å². The molecule has 0 spiro atoms. The van der Waals surface area contributed by atoms with Crippen molar-refractivity contribution < 1.29 is 19.4 Å². The molecular weight excluding hydrogens is 470 g/mol. The van der Waals surface area contributed by atoms with Crippen molar-refractivity contribution in [2.24, 2.45) is 21.9 Å². The van der Waals surface area contributed by atoms with Gasteiger partial charge in [-0.25, -0.2) is 4.98 Å². The predicted octanol–water partition coefficient (Wildman–Crippen LogP) is 6.13. The summed E-state index contributed by atoms with van der Waals surface area (Å²) >= 11 is 0. The van der Waals surface area contributed by atoms with Gasteiger partial charge in [-0.05, 0) is 60.2 Å². The number of carbonyl (C=O) groups is 2. The maximum Gasteiger partial charge on any atom is 0.259 e. The van der Waals surface area contributed by atoms with Gasteiger partial charge in [-0.15, -0.1) is 10.2 Å². The summed E-state index contributed by atoms with van der Waals surface area (Å²) in [6.07, 6.45) is 2.40. The van der Waals surface area contributed by atoms with E-state index in [-0.39, 0.29) is 28.4 Å². The third kappa shape index (κ3) is 6.07. The average molecular weight is 498 g/mol. The molecule has 9 nitrogen and oxygen atoms in total. The van der Waals surface area contributed by atoms with Crippen LogP contribution in [-0.4, -0.2) is 28.5 Å². The third-order valence-corrected chi connectivity index (χ3v) is 5.61. The van der Waals surface area contributed by atoms with E-state index in [1.807, 2.05) is 6.07 Å². The van der Waals surface area contributed by atoms with Crippen LogP contribution in [0.15, 0.2) is 83.2 Å². The number of nitrogens with zero attached hydrogens (tertiary/aromatic N) is 3. The zero-order valence-corrected chi connectivity index (χ0v) is 20.5. The number of phenolic OH excluding ortho intramolecular Hbond substituents is 1. The largest absolute Gasteiger partial charge is 0.505 e. The third-order valence-electron chi connectivity index (χ3n) is 5.61. The average Bonchev–Trinajstić information content (AvgIpc) is 2.88. The summed E-state index contributed by atoms with van der Waals surface area (Å²) in [6.45, 7) is 4.88. The maximum atomic E-state index is 13.1. The van der Waals surface area contributed by atoms with Gasteiger partial charge in [0.05, 0.1) is 17.7 Å². The van der Waals surface area contributed by atoms with Crippen molar-refractivity contribution in [3.63, 3.8) is 0 Å². The number of fused-ring (bicyclic) bond motifs is 1. The second kappa shape index (κ2) is 11.3. The van der Waals surface area contributed by atoms with E-state index in [4.69, 9.17) is 10.5 Å². The monoisotopic (exact) mass is 497 g/mol. The highest BCUT2D eigenvalue weighted by molar-refractivity contribution is 6.11. The van der Waals surface area contributed by atoms with Crippen LogP contribution in [0.1, 0.15) is 41.0 Å². The van der Waals surface area contributed by atoms with E-state index in [0.717, 1.165) is 6.42 Å². The number of azo groups is 1. The first-order valence-corrected chi connectivity index (χ1v) is 11.8. The Morgan fingerprint density at radius 2 is 1.78 bits per heavy atom. The van der Waals surface area contributed by atoms with Crippen LogP contribution in [-0.2, 0) is 0 Å². The van der Waals surface area contributed by atoms with Gasteiger partial charge in [0.1, 0.15) is 11.4 Å². The molecule has 1 aromatic heterocycles. The van der Waals surface area contributed by atoms with Crippen LogP contribution in [0.3, 0.4) is 0 Å². The Labute approximate surface area is 214 Å². The van der Waals surface area contributed by atoms with Crippen molar-refractivity contribution in [2.45, 2.75) is 20.3 Å². The number of ether oxygens (including phenoxy) is 1. The Morgan fingerprint density at radius 1 is 1.03 bits per heavy atom. The van der Waals surface area contributed by atoms with Gasteiger partial charge in [0, 0.05) is 17.3 Å². The molecule has 4 N–H and O–H groups in total. The molecule has 4 aromatic rings. The van der Waals surface area contributed by atoms with Gasteiger partial charge >= 0.3 is 0 Å². The molecule has 0 radical (unpaired) electrons. The topological polar surface area (TPSA) is 139 Å². The Bertz CT molecular complexity index is 1470. The Kier molecular flexibility index (Phi) is 7.73. The first-order valence-electron chi connectivity index (χ1n) is 11.8. The minimum Gasteiger partial charge on any atom is -0.505 e. The molecule has 4 rings (SSSR count). The van der Waals surface area contributed by atoms with Crippen molar-refractivity contribution in [3.8, 4) is 11.5 Å². The number of amides is 2. The standard InChI is InChI=1S/C28H27N5O4/c1-17(2)13-15-37-20-11-9-19(10-12-20)31-28(36)23-16-18-6-3-4-7-21(18)24(25(23)34)32-33-27-22(26(29)35)8-5-14-30-27/h3-12,14,16-17,34H,13,15H2,1-2H3,(H2,29,35)(H,31,36). The number of carbonyl (C=O) groups excluding carboxylic acids is 2. The summed E-state index contributed by atoms with van der Waals surface area (Å²) in [6, 6.07) is 18.8. The molecular formula is C28H27N5O4. The molecule has 9 heteroatoms. The van der Waals surface area contributed by atoms with Gasteiger partial charge in [-0.1, -0.05) is 38.1 Å². The number of benzene rings is 3. The number of rotatable bonds is 9. The molecule has 0 aliphatic carbocycles. The minimum absolute atomic E-state index is 0.00374. The molecule has 188 valence electrons. The number of anilines is 1. The Morgan fingerprint density at radius 3 is 2.51 bits per heavy atom. The Hall–Kier alpha value is -4.79. The number of hydrogen-bond acceptors (Lipinski definition) is 7. The fourth-order valence-electron chi connectivity index (χ4n) is 3.60. The van der Waals surface area contributed by atoms with Gasteiger partial charge in [0.25, 0.3) is 11.8 Å². The van der Waals surface area contributed by atoms with Crippen LogP contribution in [0.2, 0.25) is 0 Å². The van der Waals surface area contributed by atoms with Crippen molar-refractivity contribution in [1.82, 2.24) is 4.98 Å². The molecule has 0 unspecified atom stereocenters. The van der Waals surface area contributed by atoms with Crippen molar-refractivity contribution >= 4 is 39.8 Å². The van der Waals surface area contributed by atoms with E-state index >= 15 is 0 Å². The van der Waals surface area contributed by atoms with E-state index in [1.165, 1.54) is 12.3 Å². The van der Waals surface area contributed by atoms with Crippen molar-refractivity contribution in [3.05, 3.63) is 84.1 Å². The van der Waals surface area contributed by atoms with E-state index < -0.39 is 11.8 Å². The lowest BCUT2D eigenvalue weighted by molar-refractivity contribution is 0.0997. The molecule has 1 heterocycles. The second-order valence-corrected chi connectivity index (χ2v) is 8.79. The predicted molar refractivity (Wildman–Crippen MR) is 142 cm³/mol. The summed E-state index contributed by atoms with van der Waals surface area (Å²) in [5.74, 6) is -0.329. The van der Waals surface area contributed by atoms with E-state index in [0.29, 0.717) is 34.7 Å². The summed E-state index contributed by atoms with van der Waals surface area (Å²) < 4.78 is 5.72. The summed E-state index contributed by atoms with van der Waals surface area (Å²) in [4.78, 5) is 28.9. The number of pyridine rings is 1. The molecule has 0 aliphatic rings. The van der Waals surface area contributed by atoms with Gasteiger partial charge in [0.15, 0.2) is 11.6 Å². The van der Waals surface area contributed by atoms with Crippen LogP contribution in [0.25, 0.3) is 10.8 Å². The zero-order valence-electron chi connectivity index (χ0n) is 20.5.